The first kappa shape index (κ1) is 15.5. The normalized spacial score (nSPS) is 11.1. The van der Waals surface area contributed by atoms with Gasteiger partial charge in [-0.25, -0.2) is 13.6 Å². The van der Waals surface area contributed by atoms with E-state index in [-0.39, 0.29) is 10.8 Å². The Hall–Kier alpha value is -1.90. The number of hydrogen-bond donors (Lipinski definition) is 3. The summed E-state index contributed by atoms with van der Waals surface area (Å²) in [5.74, 6) is -0.334. The first-order valence-electron chi connectivity index (χ1n) is 5.76. The van der Waals surface area contributed by atoms with E-state index in [1.165, 1.54) is 24.3 Å². The van der Waals surface area contributed by atoms with Crippen LogP contribution in [0.3, 0.4) is 0 Å². The highest BCUT2D eigenvalue weighted by Crippen LogP contribution is 2.21. The van der Waals surface area contributed by atoms with Crippen molar-refractivity contribution in [3.8, 4) is 0 Å². The molecule has 0 saturated carbocycles. The molecule has 8 heteroatoms. The van der Waals surface area contributed by atoms with Crippen molar-refractivity contribution < 1.29 is 13.2 Å². The molecule has 21 heavy (non-hydrogen) atoms. The number of benzene rings is 2. The summed E-state index contributed by atoms with van der Waals surface area (Å²) in [6.45, 7) is 0. The predicted molar refractivity (Wildman–Crippen MR) is 84.3 cm³/mol. The van der Waals surface area contributed by atoms with Gasteiger partial charge in [-0.2, -0.15) is 0 Å². The maximum Gasteiger partial charge on any atom is 0.255 e. The van der Waals surface area contributed by atoms with E-state index < -0.39 is 10.0 Å². The van der Waals surface area contributed by atoms with Gasteiger partial charge >= 0.3 is 0 Å². The lowest BCUT2D eigenvalue weighted by Gasteiger charge is -2.07. The van der Waals surface area contributed by atoms with E-state index in [0.29, 0.717) is 21.4 Å². The van der Waals surface area contributed by atoms with E-state index in [4.69, 9.17) is 10.9 Å². The van der Waals surface area contributed by atoms with Crippen LogP contribution in [-0.4, -0.2) is 14.3 Å². The van der Waals surface area contributed by atoms with Crippen molar-refractivity contribution in [3.63, 3.8) is 0 Å². The number of rotatable bonds is 3. The van der Waals surface area contributed by atoms with Crippen molar-refractivity contribution >= 4 is 43.2 Å². The van der Waals surface area contributed by atoms with Gasteiger partial charge in [-0.15, -0.1) is 0 Å². The van der Waals surface area contributed by atoms with Gasteiger partial charge < -0.3 is 11.1 Å². The Balaban J connectivity index is 2.18. The largest absolute Gasteiger partial charge is 0.398 e. The molecule has 0 aromatic heterocycles. The Morgan fingerprint density at radius 1 is 1.10 bits per heavy atom. The standard InChI is InChI=1S/C13H12BrN3O3S/c14-11-7-8(1-6-12(11)15)13(18)17-9-2-4-10(5-3-9)21(16,19)20/h1-7H,15H2,(H,17,18)(H2,16,19,20). The van der Waals surface area contributed by atoms with Gasteiger partial charge in [0.1, 0.15) is 0 Å². The third-order valence-electron chi connectivity index (χ3n) is 2.70. The van der Waals surface area contributed by atoms with Crippen LogP contribution in [0.5, 0.6) is 0 Å². The van der Waals surface area contributed by atoms with E-state index in [1.807, 2.05) is 0 Å². The molecular formula is C13H12BrN3O3S. The number of halogens is 1. The molecule has 0 aliphatic rings. The zero-order valence-corrected chi connectivity index (χ0v) is 13.1. The molecule has 0 aliphatic carbocycles. The second-order valence-electron chi connectivity index (χ2n) is 4.26. The molecule has 0 aliphatic heterocycles. The second kappa shape index (κ2) is 5.84. The van der Waals surface area contributed by atoms with E-state index in [0.717, 1.165) is 0 Å². The summed E-state index contributed by atoms with van der Waals surface area (Å²) in [5, 5.41) is 7.65. The van der Waals surface area contributed by atoms with Crippen LogP contribution in [0.15, 0.2) is 51.8 Å². The first-order valence-corrected chi connectivity index (χ1v) is 8.10. The Labute approximate surface area is 130 Å². The summed E-state index contributed by atoms with van der Waals surface area (Å²) in [7, 11) is -3.74. The van der Waals surface area contributed by atoms with Crippen LogP contribution in [0, 0.1) is 0 Å². The maximum absolute atomic E-state index is 12.0. The summed E-state index contributed by atoms with van der Waals surface area (Å²) >= 11 is 3.25. The van der Waals surface area contributed by atoms with Crippen molar-refractivity contribution in [3.05, 3.63) is 52.5 Å². The molecule has 0 saturated heterocycles. The highest BCUT2D eigenvalue weighted by atomic mass is 79.9. The van der Waals surface area contributed by atoms with Gasteiger partial charge in [0.15, 0.2) is 0 Å². The van der Waals surface area contributed by atoms with Crippen LogP contribution < -0.4 is 16.2 Å². The number of amides is 1. The van der Waals surface area contributed by atoms with E-state index >= 15 is 0 Å². The molecule has 110 valence electrons. The highest BCUT2D eigenvalue weighted by molar-refractivity contribution is 9.10. The molecule has 1 amide bonds. The molecule has 6 nitrogen and oxygen atoms in total. The number of carbonyl (C=O) groups is 1. The molecule has 5 N–H and O–H groups in total. The molecule has 0 heterocycles. The lowest BCUT2D eigenvalue weighted by molar-refractivity contribution is 0.102. The van der Waals surface area contributed by atoms with Crippen molar-refractivity contribution in [2.75, 3.05) is 11.1 Å². The Bertz CT molecular complexity index is 789. The molecule has 0 fully saturated rings. The van der Waals surface area contributed by atoms with Gasteiger partial charge in [-0.05, 0) is 58.4 Å². The van der Waals surface area contributed by atoms with Crippen molar-refractivity contribution in [2.45, 2.75) is 4.90 Å². The number of anilines is 2. The van der Waals surface area contributed by atoms with Crippen molar-refractivity contribution in [1.82, 2.24) is 0 Å². The fourth-order valence-electron chi connectivity index (χ4n) is 1.60. The smallest absolute Gasteiger partial charge is 0.255 e. The monoisotopic (exact) mass is 369 g/mol. The predicted octanol–water partition coefficient (Wildman–Crippen LogP) is 1.93. The van der Waals surface area contributed by atoms with Crippen LogP contribution in [0.2, 0.25) is 0 Å². The number of sulfonamides is 1. The zero-order chi connectivity index (χ0) is 15.6. The fourth-order valence-corrected chi connectivity index (χ4v) is 2.49. The summed E-state index contributed by atoms with van der Waals surface area (Å²) in [5.41, 5.74) is 7.06. The third kappa shape index (κ3) is 3.81. The van der Waals surface area contributed by atoms with Crippen LogP contribution in [0.25, 0.3) is 0 Å². The molecule has 0 spiro atoms. The quantitative estimate of drug-likeness (QED) is 0.716. The number of carbonyl (C=O) groups excluding carboxylic acids is 1. The molecule has 2 aromatic carbocycles. The second-order valence-corrected chi connectivity index (χ2v) is 6.68. The van der Waals surface area contributed by atoms with Crippen LogP contribution in [-0.2, 0) is 10.0 Å². The van der Waals surface area contributed by atoms with Crippen LogP contribution >= 0.6 is 15.9 Å². The molecule has 0 unspecified atom stereocenters. The minimum Gasteiger partial charge on any atom is -0.398 e. The maximum atomic E-state index is 12.0. The molecular weight excluding hydrogens is 358 g/mol. The first-order chi connectivity index (χ1) is 9.77. The van der Waals surface area contributed by atoms with Gasteiger partial charge in [0.25, 0.3) is 5.91 Å². The number of nitrogens with one attached hydrogen (secondary N) is 1. The number of nitrogen functional groups attached to an aromatic ring is 1. The Morgan fingerprint density at radius 2 is 1.71 bits per heavy atom. The van der Waals surface area contributed by atoms with Gasteiger partial charge in [-0.3, -0.25) is 4.79 Å². The molecule has 0 radical (unpaired) electrons. The van der Waals surface area contributed by atoms with E-state index in [2.05, 4.69) is 21.2 Å². The van der Waals surface area contributed by atoms with Gasteiger partial charge in [0, 0.05) is 21.4 Å². The van der Waals surface area contributed by atoms with E-state index in [9.17, 15) is 13.2 Å². The van der Waals surface area contributed by atoms with E-state index in [1.54, 1.807) is 18.2 Å². The van der Waals surface area contributed by atoms with Crippen molar-refractivity contribution in [2.24, 2.45) is 5.14 Å². The molecule has 0 atom stereocenters. The van der Waals surface area contributed by atoms with Gasteiger partial charge in [0.05, 0.1) is 4.90 Å². The molecule has 2 aromatic rings. The lowest BCUT2D eigenvalue weighted by atomic mass is 10.2. The Kier molecular flexibility index (Phi) is 4.31. The number of nitrogens with two attached hydrogens (primary N) is 2. The summed E-state index contributed by atoms with van der Waals surface area (Å²) in [4.78, 5) is 12.0. The van der Waals surface area contributed by atoms with Crippen LogP contribution in [0.1, 0.15) is 10.4 Å². The minimum absolute atomic E-state index is 0.0178. The molecule has 0 bridgehead atoms. The summed E-state index contributed by atoms with van der Waals surface area (Å²) in [6, 6.07) is 10.4. The van der Waals surface area contributed by atoms with Crippen LogP contribution in [0.4, 0.5) is 11.4 Å². The topological polar surface area (TPSA) is 115 Å². The molecule has 2 rings (SSSR count). The Morgan fingerprint density at radius 3 is 2.24 bits per heavy atom. The summed E-state index contributed by atoms with van der Waals surface area (Å²) < 4.78 is 22.9. The fraction of sp³-hybridized carbons (Fsp3) is 0. The van der Waals surface area contributed by atoms with Gasteiger partial charge in [0.2, 0.25) is 10.0 Å². The lowest BCUT2D eigenvalue weighted by Crippen LogP contribution is -2.14. The summed E-state index contributed by atoms with van der Waals surface area (Å²) in [6.07, 6.45) is 0. The average Bonchev–Trinajstić information content (AvgIpc) is 2.41. The third-order valence-corrected chi connectivity index (χ3v) is 4.32. The number of primary sulfonamides is 1. The minimum atomic E-state index is -3.74. The average molecular weight is 370 g/mol. The number of hydrogen-bond acceptors (Lipinski definition) is 4. The van der Waals surface area contributed by atoms with Crippen molar-refractivity contribution in [1.29, 1.82) is 0 Å². The van der Waals surface area contributed by atoms with Gasteiger partial charge in [-0.1, -0.05) is 0 Å². The zero-order valence-electron chi connectivity index (χ0n) is 10.7. The SMILES string of the molecule is Nc1ccc(C(=O)Nc2ccc(S(N)(=O)=O)cc2)cc1Br. The highest BCUT2D eigenvalue weighted by Gasteiger charge is 2.10.